The summed E-state index contributed by atoms with van der Waals surface area (Å²) >= 11 is 0. The predicted molar refractivity (Wildman–Crippen MR) is 151 cm³/mol. The van der Waals surface area contributed by atoms with Crippen LogP contribution in [0, 0.1) is 11.8 Å². The van der Waals surface area contributed by atoms with E-state index in [0.29, 0.717) is 25.1 Å². The Morgan fingerprint density at radius 2 is 1.84 bits per heavy atom. The van der Waals surface area contributed by atoms with Crippen LogP contribution in [-0.2, 0) is 16.3 Å². The molecule has 37 heavy (non-hydrogen) atoms. The van der Waals surface area contributed by atoms with Gasteiger partial charge in [-0.1, -0.05) is 25.7 Å². The fourth-order valence-corrected chi connectivity index (χ4v) is 5.40. The van der Waals surface area contributed by atoms with E-state index in [1.54, 1.807) is 14.2 Å². The van der Waals surface area contributed by atoms with Gasteiger partial charge in [-0.05, 0) is 56.7 Å². The number of carbonyl (C=O) groups is 1. The summed E-state index contributed by atoms with van der Waals surface area (Å²) in [6.45, 7) is 9.02. The minimum absolute atomic E-state index is 0.0369. The van der Waals surface area contributed by atoms with E-state index in [1.807, 2.05) is 55.2 Å². The van der Waals surface area contributed by atoms with Crippen molar-refractivity contribution in [1.29, 1.82) is 0 Å². The Labute approximate surface area is 220 Å². The number of hydrogen-bond donors (Lipinski definition) is 1. The minimum Gasteiger partial charge on any atom is -0.496 e. The number of nitrogens with zero attached hydrogens (tertiary/aromatic N) is 3. The fourth-order valence-electron chi connectivity index (χ4n) is 4.65. The van der Waals surface area contributed by atoms with E-state index in [4.69, 9.17) is 19.2 Å². The highest BCUT2D eigenvalue weighted by Crippen LogP contribution is 2.43. The van der Waals surface area contributed by atoms with Crippen molar-refractivity contribution in [2.45, 2.75) is 38.8 Å². The number of anilines is 1. The first kappa shape index (κ1) is 27.2. The molecule has 0 spiro atoms. The van der Waals surface area contributed by atoms with Crippen molar-refractivity contribution < 1.29 is 19.0 Å². The molecule has 1 fully saturated rings. The number of rotatable bonds is 12. The summed E-state index contributed by atoms with van der Waals surface area (Å²) in [4.78, 5) is 19.8. The van der Waals surface area contributed by atoms with Crippen LogP contribution in [0.15, 0.2) is 36.5 Å². The Morgan fingerprint density at radius 3 is 2.46 bits per heavy atom. The van der Waals surface area contributed by atoms with Gasteiger partial charge in [-0.2, -0.15) is 0 Å². The van der Waals surface area contributed by atoms with Crippen LogP contribution in [-0.4, -0.2) is 69.9 Å². The Hall–Kier alpha value is -2.88. The second-order valence-electron chi connectivity index (χ2n) is 11.3. The SMILES string of the molecule is COc1cccc(OC)c1-c1cn(COCC[Si](C)(C)C)c2nc(NC(=O)C3CC3CN(C)C)ccc12. The van der Waals surface area contributed by atoms with E-state index < -0.39 is 8.07 Å². The number of carbonyl (C=O) groups excluding carboxylic acids is 1. The van der Waals surface area contributed by atoms with Gasteiger partial charge in [0, 0.05) is 44.3 Å². The molecule has 2 atom stereocenters. The topological polar surface area (TPSA) is 77.9 Å². The first-order valence-electron chi connectivity index (χ1n) is 12.9. The Kier molecular flexibility index (Phi) is 8.25. The average molecular weight is 525 g/mol. The molecule has 9 heteroatoms. The second kappa shape index (κ2) is 11.2. The number of methoxy groups -OCH3 is 2. The predicted octanol–water partition coefficient (Wildman–Crippen LogP) is 5.17. The number of ether oxygens (including phenoxy) is 3. The van der Waals surface area contributed by atoms with Gasteiger partial charge in [0.2, 0.25) is 5.91 Å². The maximum absolute atomic E-state index is 12.9. The molecule has 1 aliphatic rings. The van der Waals surface area contributed by atoms with E-state index in [-0.39, 0.29) is 11.8 Å². The lowest BCUT2D eigenvalue weighted by Gasteiger charge is -2.15. The molecule has 8 nitrogen and oxygen atoms in total. The lowest BCUT2D eigenvalue weighted by molar-refractivity contribution is -0.117. The van der Waals surface area contributed by atoms with Crippen LogP contribution in [0.1, 0.15) is 6.42 Å². The lowest BCUT2D eigenvalue weighted by Crippen LogP contribution is -2.22. The molecule has 0 aliphatic heterocycles. The van der Waals surface area contributed by atoms with Crippen molar-refractivity contribution in [3.63, 3.8) is 0 Å². The molecule has 2 aromatic heterocycles. The summed E-state index contributed by atoms with van der Waals surface area (Å²) in [6.07, 6.45) is 2.96. The number of amides is 1. The third-order valence-electron chi connectivity index (χ3n) is 6.76. The Balaban J connectivity index is 1.66. The summed E-state index contributed by atoms with van der Waals surface area (Å²) in [7, 11) is 6.19. The summed E-state index contributed by atoms with van der Waals surface area (Å²) in [5, 5.41) is 3.98. The first-order chi connectivity index (χ1) is 17.6. The molecule has 1 N–H and O–H groups in total. The van der Waals surface area contributed by atoms with Gasteiger partial charge in [0.05, 0.1) is 19.8 Å². The van der Waals surface area contributed by atoms with Crippen LogP contribution in [0.25, 0.3) is 22.2 Å². The number of nitrogens with one attached hydrogen (secondary N) is 1. The minimum atomic E-state index is -1.20. The van der Waals surface area contributed by atoms with E-state index in [0.717, 1.165) is 52.7 Å². The van der Waals surface area contributed by atoms with Gasteiger partial charge in [0.15, 0.2) is 0 Å². The number of aromatic nitrogens is 2. The van der Waals surface area contributed by atoms with Crippen LogP contribution in [0.3, 0.4) is 0 Å². The smallest absolute Gasteiger partial charge is 0.228 e. The molecule has 2 unspecified atom stereocenters. The van der Waals surface area contributed by atoms with E-state index >= 15 is 0 Å². The summed E-state index contributed by atoms with van der Waals surface area (Å²) in [5.74, 6) is 2.48. The van der Waals surface area contributed by atoms with Crippen molar-refractivity contribution in [2.75, 3.05) is 46.8 Å². The van der Waals surface area contributed by atoms with Crippen LogP contribution >= 0.6 is 0 Å². The van der Waals surface area contributed by atoms with Crippen LogP contribution in [0.5, 0.6) is 11.5 Å². The largest absolute Gasteiger partial charge is 0.496 e. The molecule has 1 aliphatic carbocycles. The van der Waals surface area contributed by atoms with Gasteiger partial charge in [0.1, 0.15) is 29.7 Å². The molecule has 4 rings (SSSR count). The molecule has 0 bridgehead atoms. The molecule has 3 aromatic rings. The van der Waals surface area contributed by atoms with Crippen LogP contribution in [0.4, 0.5) is 5.82 Å². The van der Waals surface area contributed by atoms with Gasteiger partial charge in [-0.15, -0.1) is 0 Å². The first-order valence-corrected chi connectivity index (χ1v) is 16.6. The third-order valence-corrected chi connectivity index (χ3v) is 8.46. The highest BCUT2D eigenvalue weighted by molar-refractivity contribution is 6.76. The van der Waals surface area contributed by atoms with Crippen LogP contribution < -0.4 is 14.8 Å². The van der Waals surface area contributed by atoms with Crippen molar-refractivity contribution in [3.05, 3.63) is 36.5 Å². The third kappa shape index (κ3) is 6.52. The Morgan fingerprint density at radius 1 is 1.14 bits per heavy atom. The van der Waals surface area contributed by atoms with Gasteiger partial charge in [0.25, 0.3) is 0 Å². The molecule has 0 radical (unpaired) electrons. The van der Waals surface area contributed by atoms with E-state index in [2.05, 4.69) is 29.9 Å². The normalized spacial score (nSPS) is 17.3. The monoisotopic (exact) mass is 524 g/mol. The lowest BCUT2D eigenvalue weighted by atomic mass is 10.0. The van der Waals surface area contributed by atoms with Gasteiger partial charge < -0.3 is 29.0 Å². The highest BCUT2D eigenvalue weighted by Gasteiger charge is 2.43. The number of benzene rings is 1. The maximum atomic E-state index is 12.9. The summed E-state index contributed by atoms with van der Waals surface area (Å²) < 4.78 is 19.5. The average Bonchev–Trinajstić information content (AvgIpc) is 3.52. The van der Waals surface area contributed by atoms with Gasteiger partial charge in [-0.3, -0.25) is 4.79 Å². The maximum Gasteiger partial charge on any atom is 0.228 e. The van der Waals surface area contributed by atoms with Crippen molar-refractivity contribution in [1.82, 2.24) is 14.5 Å². The Bertz CT molecular complexity index is 1230. The van der Waals surface area contributed by atoms with Crippen molar-refractivity contribution >= 4 is 30.8 Å². The molecular formula is C28H40N4O4Si. The standard InChI is InChI=1S/C28H40N4O4Si/c1-31(2)16-19-15-21(19)28(33)30-25-12-11-20-22(26-23(34-3)9-8-10-24(26)35-4)17-32(27(20)29-25)18-36-13-14-37(5,6)7/h8-12,17,19,21H,13-16,18H2,1-7H3,(H,29,30,33). The van der Waals surface area contributed by atoms with Crippen molar-refractivity contribution in [3.8, 4) is 22.6 Å². The van der Waals surface area contributed by atoms with Crippen LogP contribution in [0.2, 0.25) is 25.7 Å². The number of hydrogen-bond acceptors (Lipinski definition) is 6. The summed E-state index contributed by atoms with van der Waals surface area (Å²) in [6, 6.07) is 10.7. The van der Waals surface area contributed by atoms with E-state index in [9.17, 15) is 4.79 Å². The second-order valence-corrected chi connectivity index (χ2v) is 16.9. The highest BCUT2D eigenvalue weighted by atomic mass is 28.3. The molecule has 1 amide bonds. The van der Waals surface area contributed by atoms with Crippen molar-refractivity contribution in [2.24, 2.45) is 11.8 Å². The fraction of sp³-hybridized carbons (Fsp3) is 0.500. The zero-order valence-electron chi connectivity index (χ0n) is 23.1. The molecule has 1 aromatic carbocycles. The summed E-state index contributed by atoms with van der Waals surface area (Å²) in [5.41, 5.74) is 2.55. The number of pyridine rings is 1. The molecule has 1 saturated carbocycles. The molecular weight excluding hydrogens is 484 g/mol. The van der Waals surface area contributed by atoms with Gasteiger partial charge >= 0.3 is 0 Å². The zero-order valence-corrected chi connectivity index (χ0v) is 24.1. The van der Waals surface area contributed by atoms with Gasteiger partial charge in [-0.25, -0.2) is 4.98 Å². The molecule has 200 valence electrons. The molecule has 0 saturated heterocycles. The van der Waals surface area contributed by atoms with E-state index in [1.165, 1.54) is 0 Å². The zero-order chi connectivity index (χ0) is 26.7. The molecule has 2 heterocycles. The quantitative estimate of drug-likeness (QED) is 0.260. The number of fused-ring (bicyclic) bond motifs is 1.